The highest BCUT2D eigenvalue weighted by molar-refractivity contribution is 5.81. The van der Waals surface area contributed by atoms with E-state index >= 15 is 0 Å². The van der Waals surface area contributed by atoms with Crippen molar-refractivity contribution < 1.29 is 26.7 Å². The number of anilines is 1. The summed E-state index contributed by atoms with van der Waals surface area (Å²) in [5.41, 5.74) is 2.85. The lowest BCUT2D eigenvalue weighted by Gasteiger charge is -2.10. The average molecular weight is 316 g/mol. The molecular formula is C14H9F5N2O. The maximum absolute atomic E-state index is 13.6. The molecule has 0 fully saturated rings. The molecule has 116 valence electrons. The summed E-state index contributed by atoms with van der Waals surface area (Å²) in [6.07, 6.45) is -4.15. The molecule has 2 aromatic rings. The molecule has 0 unspecified atom stereocenters. The molecule has 0 aliphatic heterocycles. The number of benzene rings is 2. The first-order valence-electron chi connectivity index (χ1n) is 5.95. The van der Waals surface area contributed by atoms with Crippen LogP contribution in [0.5, 0.6) is 5.75 Å². The van der Waals surface area contributed by atoms with Crippen molar-refractivity contribution in [3.8, 4) is 5.75 Å². The molecule has 0 heterocycles. The number of para-hydroxylation sites is 1. The maximum Gasteiger partial charge on any atom is 0.573 e. The van der Waals surface area contributed by atoms with E-state index in [9.17, 15) is 22.0 Å². The molecule has 0 bridgehead atoms. The zero-order valence-corrected chi connectivity index (χ0v) is 10.9. The van der Waals surface area contributed by atoms with Gasteiger partial charge in [-0.2, -0.15) is 9.49 Å². The zero-order valence-electron chi connectivity index (χ0n) is 10.9. The third kappa shape index (κ3) is 4.18. The van der Waals surface area contributed by atoms with Crippen LogP contribution in [0.3, 0.4) is 0 Å². The average Bonchev–Trinajstić information content (AvgIpc) is 2.46. The summed E-state index contributed by atoms with van der Waals surface area (Å²) in [6.45, 7) is 0. The van der Waals surface area contributed by atoms with Crippen molar-refractivity contribution in [1.29, 1.82) is 0 Å². The Labute approximate surface area is 122 Å². The van der Waals surface area contributed by atoms with Gasteiger partial charge in [0.05, 0.1) is 11.9 Å². The van der Waals surface area contributed by atoms with Crippen molar-refractivity contribution in [1.82, 2.24) is 0 Å². The molecule has 0 aliphatic carbocycles. The Balaban J connectivity index is 2.14. The molecule has 8 heteroatoms. The van der Waals surface area contributed by atoms with Crippen molar-refractivity contribution >= 4 is 11.9 Å². The van der Waals surface area contributed by atoms with Gasteiger partial charge in [-0.05, 0) is 24.3 Å². The molecule has 2 rings (SSSR count). The fourth-order valence-electron chi connectivity index (χ4n) is 1.54. The minimum atomic E-state index is -5.10. The second-order valence-electron chi connectivity index (χ2n) is 4.06. The van der Waals surface area contributed by atoms with Gasteiger partial charge in [0.25, 0.3) is 0 Å². The highest BCUT2D eigenvalue weighted by atomic mass is 19.4. The van der Waals surface area contributed by atoms with E-state index in [2.05, 4.69) is 15.3 Å². The molecule has 3 nitrogen and oxygen atoms in total. The lowest BCUT2D eigenvalue weighted by atomic mass is 10.2. The van der Waals surface area contributed by atoms with Gasteiger partial charge in [0.15, 0.2) is 11.6 Å². The molecule has 0 aromatic heterocycles. The molecular weight excluding hydrogens is 307 g/mol. The summed E-state index contributed by atoms with van der Waals surface area (Å²) in [5, 5.41) is 3.67. The summed E-state index contributed by atoms with van der Waals surface area (Å²) in [4.78, 5) is 0. The SMILES string of the molecule is Fc1c(C=NNc2ccccc2)ccc(OC(F)(F)F)c1F. The number of alkyl halides is 3. The quantitative estimate of drug-likeness (QED) is 0.518. The van der Waals surface area contributed by atoms with Crippen LogP contribution < -0.4 is 10.2 Å². The van der Waals surface area contributed by atoms with Crippen LogP contribution in [0.25, 0.3) is 0 Å². The molecule has 2 aromatic carbocycles. The Bertz CT molecular complexity index is 671. The fraction of sp³-hybridized carbons (Fsp3) is 0.0714. The number of hydrazone groups is 1. The van der Waals surface area contributed by atoms with Gasteiger partial charge in [-0.3, -0.25) is 5.43 Å². The smallest absolute Gasteiger partial charge is 0.403 e. The Hall–Kier alpha value is -2.64. The molecule has 0 aliphatic rings. The number of hydrogen-bond donors (Lipinski definition) is 1. The van der Waals surface area contributed by atoms with Gasteiger partial charge in [0.1, 0.15) is 0 Å². The molecule has 0 saturated heterocycles. The highest BCUT2D eigenvalue weighted by Gasteiger charge is 2.33. The summed E-state index contributed by atoms with van der Waals surface area (Å²) >= 11 is 0. The summed E-state index contributed by atoms with van der Waals surface area (Å²) in [7, 11) is 0. The predicted octanol–water partition coefficient (Wildman–Crippen LogP) is 4.31. The second-order valence-corrected chi connectivity index (χ2v) is 4.06. The van der Waals surface area contributed by atoms with Crippen LogP contribution in [-0.2, 0) is 0 Å². The number of nitrogens with one attached hydrogen (secondary N) is 1. The van der Waals surface area contributed by atoms with Crippen LogP contribution in [-0.4, -0.2) is 12.6 Å². The summed E-state index contributed by atoms with van der Waals surface area (Å²) < 4.78 is 66.4. The van der Waals surface area contributed by atoms with Crippen LogP contribution in [0.1, 0.15) is 5.56 Å². The standard InChI is InChI=1S/C14H9F5N2O/c15-12-9(8-20-21-10-4-2-1-3-5-10)6-7-11(13(12)16)22-14(17,18)19/h1-8,21H. The van der Waals surface area contributed by atoms with Crippen LogP contribution in [0, 0.1) is 11.6 Å². The first-order valence-corrected chi connectivity index (χ1v) is 5.95. The Morgan fingerprint density at radius 2 is 1.64 bits per heavy atom. The first kappa shape index (κ1) is 15.7. The third-order valence-corrected chi connectivity index (χ3v) is 2.47. The van der Waals surface area contributed by atoms with Crippen molar-refractivity contribution in [2.24, 2.45) is 5.10 Å². The molecule has 0 radical (unpaired) electrons. The number of rotatable bonds is 4. The van der Waals surface area contributed by atoms with Crippen molar-refractivity contribution in [2.45, 2.75) is 6.36 Å². The van der Waals surface area contributed by atoms with Gasteiger partial charge in [-0.25, -0.2) is 4.39 Å². The highest BCUT2D eigenvalue weighted by Crippen LogP contribution is 2.27. The largest absolute Gasteiger partial charge is 0.573 e. The molecule has 22 heavy (non-hydrogen) atoms. The van der Waals surface area contributed by atoms with Crippen LogP contribution in [0.15, 0.2) is 47.6 Å². The van der Waals surface area contributed by atoms with Gasteiger partial charge in [0, 0.05) is 5.56 Å². The monoisotopic (exact) mass is 316 g/mol. The Morgan fingerprint density at radius 3 is 2.27 bits per heavy atom. The minimum Gasteiger partial charge on any atom is -0.403 e. The van der Waals surface area contributed by atoms with E-state index in [-0.39, 0.29) is 5.56 Å². The summed E-state index contributed by atoms with van der Waals surface area (Å²) in [5.74, 6) is -4.46. The Morgan fingerprint density at radius 1 is 0.955 bits per heavy atom. The van der Waals surface area contributed by atoms with Gasteiger partial charge in [0.2, 0.25) is 5.82 Å². The third-order valence-electron chi connectivity index (χ3n) is 2.47. The number of ether oxygens (including phenoxy) is 1. The van der Waals surface area contributed by atoms with Gasteiger partial charge < -0.3 is 4.74 Å². The Kier molecular flexibility index (Phi) is 4.59. The van der Waals surface area contributed by atoms with Crippen molar-refractivity contribution in [3.05, 3.63) is 59.7 Å². The van der Waals surface area contributed by atoms with E-state index in [0.717, 1.165) is 12.3 Å². The minimum absolute atomic E-state index is 0.324. The van der Waals surface area contributed by atoms with Gasteiger partial charge >= 0.3 is 6.36 Å². The lowest BCUT2D eigenvalue weighted by molar-refractivity contribution is -0.275. The summed E-state index contributed by atoms with van der Waals surface area (Å²) in [6, 6.07) is 10.2. The number of halogens is 5. The van der Waals surface area contributed by atoms with Gasteiger partial charge in [-0.15, -0.1) is 13.2 Å². The van der Waals surface area contributed by atoms with Crippen molar-refractivity contribution in [2.75, 3.05) is 5.43 Å². The van der Waals surface area contributed by atoms with E-state index in [0.29, 0.717) is 11.8 Å². The molecule has 0 spiro atoms. The van der Waals surface area contributed by atoms with E-state index in [1.807, 2.05) is 0 Å². The van der Waals surface area contributed by atoms with Crippen molar-refractivity contribution in [3.63, 3.8) is 0 Å². The predicted molar refractivity (Wildman–Crippen MR) is 70.7 cm³/mol. The molecule has 0 atom stereocenters. The van der Waals surface area contributed by atoms with E-state index in [1.165, 1.54) is 0 Å². The van der Waals surface area contributed by atoms with E-state index in [1.54, 1.807) is 30.3 Å². The zero-order chi connectivity index (χ0) is 16.2. The van der Waals surface area contributed by atoms with E-state index < -0.39 is 23.7 Å². The fourth-order valence-corrected chi connectivity index (χ4v) is 1.54. The molecule has 0 amide bonds. The lowest BCUT2D eigenvalue weighted by Crippen LogP contribution is -2.18. The van der Waals surface area contributed by atoms with Crippen LogP contribution >= 0.6 is 0 Å². The van der Waals surface area contributed by atoms with Crippen LogP contribution in [0.2, 0.25) is 0 Å². The normalized spacial score (nSPS) is 11.7. The number of nitrogens with zero attached hydrogens (tertiary/aromatic N) is 1. The molecule has 1 N–H and O–H groups in total. The topological polar surface area (TPSA) is 33.6 Å². The molecule has 0 saturated carbocycles. The number of hydrogen-bond acceptors (Lipinski definition) is 3. The second kappa shape index (κ2) is 6.42. The maximum atomic E-state index is 13.6. The van der Waals surface area contributed by atoms with Gasteiger partial charge in [-0.1, -0.05) is 18.2 Å². The van der Waals surface area contributed by atoms with Crippen LogP contribution in [0.4, 0.5) is 27.6 Å². The van der Waals surface area contributed by atoms with E-state index in [4.69, 9.17) is 0 Å². The first-order chi connectivity index (χ1) is 10.4.